The topological polar surface area (TPSA) is 108 Å². The average molecular weight is 461 g/mol. The number of anilines is 1. The molecular formula is C21H21BrN2O5. The number of carbonyl (C=O) groups is 3. The molecule has 3 N–H and O–H groups in total. The molecule has 0 fully saturated rings. The number of carbonyl (C=O) groups excluding carboxylic acids is 3. The van der Waals surface area contributed by atoms with Crippen LogP contribution in [0.2, 0.25) is 0 Å². The quantitative estimate of drug-likeness (QED) is 0.650. The highest BCUT2D eigenvalue weighted by Gasteiger charge is 2.58. The Balaban J connectivity index is 1.87. The summed E-state index contributed by atoms with van der Waals surface area (Å²) >= 11 is 3.44. The van der Waals surface area contributed by atoms with Gasteiger partial charge in [-0.25, -0.2) is 4.79 Å². The van der Waals surface area contributed by atoms with Gasteiger partial charge in [-0.3, -0.25) is 9.59 Å². The van der Waals surface area contributed by atoms with Gasteiger partial charge in [0.05, 0.1) is 16.7 Å². The number of rotatable bonds is 2. The monoisotopic (exact) mass is 460 g/mol. The van der Waals surface area contributed by atoms with E-state index in [2.05, 4.69) is 21.2 Å². The molecule has 0 amide bonds. The van der Waals surface area contributed by atoms with Crippen molar-refractivity contribution in [3.8, 4) is 0 Å². The van der Waals surface area contributed by atoms with Gasteiger partial charge in [0.25, 0.3) is 0 Å². The Hall–Kier alpha value is -2.61. The molecule has 29 heavy (non-hydrogen) atoms. The van der Waals surface area contributed by atoms with Crippen LogP contribution in [-0.2, 0) is 14.3 Å². The summed E-state index contributed by atoms with van der Waals surface area (Å²) in [7, 11) is 0. The fourth-order valence-electron chi connectivity index (χ4n) is 4.21. The molecule has 3 aliphatic rings. The predicted molar refractivity (Wildman–Crippen MR) is 109 cm³/mol. The van der Waals surface area contributed by atoms with Crippen LogP contribution in [0.4, 0.5) is 5.69 Å². The van der Waals surface area contributed by atoms with Crippen LogP contribution in [0.25, 0.3) is 0 Å². The molecule has 0 saturated heterocycles. The number of fused-ring (bicyclic) bond motifs is 2. The molecular weight excluding hydrogens is 440 g/mol. The van der Waals surface area contributed by atoms with Crippen molar-refractivity contribution in [3.05, 3.63) is 51.0 Å². The van der Waals surface area contributed by atoms with Crippen LogP contribution in [0.5, 0.6) is 0 Å². The van der Waals surface area contributed by atoms with Gasteiger partial charge in [-0.2, -0.15) is 0 Å². The van der Waals surface area contributed by atoms with E-state index in [-0.39, 0.29) is 40.8 Å². The van der Waals surface area contributed by atoms with E-state index < -0.39 is 11.5 Å². The normalized spacial score (nSPS) is 24.8. The van der Waals surface area contributed by atoms with Crippen molar-refractivity contribution in [1.82, 2.24) is 0 Å². The van der Waals surface area contributed by atoms with E-state index in [1.807, 2.05) is 13.8 Å². The maximum absolute atomic E-state index is 13.7. The standard InChI is InChI=1S/C21H21BrN2O5/c1-4-28-19(27)10-5-6-13-11(7-10)17(26)21(24-13)12-8-20(2,3)9-14(25)15(12)29-18(23)16(21)22/h5-7,24H,4,8-9,23H2,1-3H3. The van der Waals surface area contributed by atoms with Crippen molar-refractivity contribution >= 4 is 39.2 Å². The van der Waals surface area contributed by atoms with Gasteiger partial charge in [-0.05, 0) is 52.9 Å². The first-order valence-corrected chi connectivity index (χ1v) is 10.1. The van der Waals surface area contributed by atoms with Crippen LogP contribution in [0.1, 0.15) is 54.3 Å². The molecule has 2 aliphatic heterocycles. The van der Waals surface area contributed by atoms with Gasteiger partial charge in [-0.15, -0.1) is 0 Å². The number of ketones is 2. The molecule has 1 unspecified atom stereocenters. The van der Waals surface area contributed by atoms with Crippen LogP contribution in [0.3, 0.4) is 0 Å². The first kappa shape index (κ1) is 19.7. The predicted octanol–water partition coefficient (Wildman–Crippen LogP) is 3.41. The average Bonchev–Trinajstić information content (AvgIpc) is 2.94. The lowest BCUT2D eigenvalue weighted by Gasteiger charge is -2.42. The molecule has 8 heteroatoms. The van der Waals surface area contributed by atoms with Gasteiger partial charge >= 0.3 is 5.97 Å². The number of benzene rings is 1. The van der Waals surface area contributed by atoms with Gasteiger partial charge in [0.1, 0.15) is 0 Å². The first-order valence-electron chi connectivity index (χ1n) is 9.35. The second-order valence-corrected chi connectivity index (χ2v) is 9.01. The van der Waals surface area contributed by atoms with Crippen LogP contribution >= 0.6 is 15.9 Å². The number of nitrogens with one attached hydrogen (secondary N) is 1. The van der Waals surface area contributed by atoms with Crippen molar-refractivity contribution in [2.75, 3.05) is 11.9 Å². The summed E-state index contributed by atoms with van der Waals surface area (Å²) in [6, 6.07) is 4.78. The Morgan fingerprint density at radius 3 is 2.72 bits per heavy atom. The number of allylic oxidation sites excluding steroid dienone is 1. The zero-order valence-electron chi connectivity index (χ0n) is 16.3. The molecule has 0 saturated carbocycles. The molecule has 4 rings (SSSR count). The van der Waals surface area contributed by atoms with Crippen LogP contribution in [-0.4, -0.2) is 29.7 Å². The summed E-state index contributed by atoms with van der Waals surface area (Å²) in [5.74, 6) is -0.884. The minimum Gasteiger partial charge on any atom is -0.462 e. The van der Waals surface area contributed by atoms with Crippen LogP contribution in [0.15, 0.2) is 39.9 Å². The van der Waals surface area contributed by atoms with Gasteiger partial charge in [0.2, 0.25) is 5.88 Å². The molecule has 1 atom stereocenters. The van der Waals surface area contributed by atoms with Crippen molar-refractivity contribution in [2.45, 2.75) is 39.2 Å². The van der Waals surface area contributed by atoms with Crippen LogP contribution in [0, 0.1) is 5.41 Å². The molecule has 7 nitrogen and oxygen atoms in total. The van der Waals surface area contributed by atoms with E-state index in [1.54, 1.807) is 19.1 Å². The van der Waals surface area contributed by atoms with E-state index in [0.29, 0.717) is 34.1 Å². The Morgan fingerprint density at radius 2 is 2.03 bits per heavy atom. The fraction of sp³-hybridized carbons (Fsp3) is 0.381. The number of hydrogen-bond donors (Lipinski definition) is 2. The Labute approximate surface area is 176 Å². The maximum Gasteiger partial charge on any atom is 0.338 e. The number of halogens is 1. The smallest absolute Gasteiger partial charge is 0.338 e. The lowest BCUT2D eigenvalue weighted by atomic mass is 9.68. The van der Waals surface area contributed by atoms with E-state index in [9.17, 15) is 14.4 Å². The number of ether oxygens (including phenoxy) is 2. The van der Waals surface area contributed by atoms with Gasteiger partial charge < -0.3 is 20.5 Å². The highest BCUT2D eigenvalue weighted by molar-refractivity contribution is 9.11. The zero-order valence-corrected chi connectivity index (χ0v) is 17.9. The molecule has 2 heterocycles. The number of nitrogens with two attached hydrogens (primary N) is 1. The Bertz CT molecular complexity index is 1040. The Kier molecular flexibility index (Phi) is 4.38. The third-order valence-corrected chi connectivity index (χ3v) is 6.46. The Morgan fingerprint density at radius 1 is 1.31 bits per heavy atom. The van der Waals surface area contributed by atoms with Crippen molar-refractivity contribution in [1.29, 1.82) is 0 Å². The van der Waals surface area contributed by atoms with Crippen molar-refractivity contribution in [3.63, 3.8) is 0 Å². The molecule has 152 valence electrons. The second kappa shape index (κ2) is 6.45. The highest BCUT2D eigenvalue weighted by Crippen LogP contribution is 2.53. The molecule has 1 aromatic carbocycles. The largest absolute Gasteiger partial charge is 0.462 e. The lowest BCUT2D eigenvalue weighted by Crippen LogP contribution is -2.51. The maximum atomic E-state index is 13.7. The van der Waals surface area contributed by atoms with E-state index >= 15 is 0 Å². The van der Waals surface area contributed by atoms with Crippen LogP contribution < -0.4 is 11.1 Å². The van der Waals surface area contributed by atoms with E-state index in [1.165, 1.54) is 6.07 Å². The number of esters is 1. The summed E-state index contributed by atoms with van der Waals surface area (Å²) in [5, 5.41) is 3.26. The van der Waals surface area contributed by atoms with E-state index in [4.69, 9.17) is 15.2 Å². The van der Waals surface area contributed by atoms with Crippen molar-refractivity contribution in [2.24, 2.45) is 11.1 Å². The summed E-state index contributed by atoms with van der Waals surface area (Å²) in [5.41, 5.74) is 6.08. The summed E-state index contributed by atoms with van der Waals surface area (Å²) in [4.78, 5) is 38.6. The molecule has 1 aromatic rings. The van der Waals surface area contributed by atoms with Gasteiger partial charge in [0, 0.05) is 23.2 Å². The van der Waals surface area contributed by atoms with Crippen molar-refractivity contribution < 1.29 is 23.9 Å². The molecule has 1 spiro atoms. The molecule has 0 radical (unpaired) electrons. The second-order valence-electron chi connectivity index (χ2n) is 8.21. The minimum absolute atomic E-state index is 0.0314. The third-order valence-electron chi connectivity index (χ3n) is 5.47. The van der Waals surface area contributed by atoms with Gasteiger partial charge in [0.15, 0.2) is 22.9 Å². The number of hydrogen-bond acceptors (Lipinski definition) is 7. The summed E-state index contributed by atoms with van der Waals surface area (Å²) < 4.78 is 11.0. The lowest BCUT2D eigenvalue weighted by molar-refractivity contribution is -0.121. The first-order chi connectivity index (χ1) is 13.6. The number of Topliss-reactive ketones (excluding diaryl/α,β-unsaturated/α-hetero) is 2. The van der Waals surface area contributed by atoms with Gasteiger partial charge in [-0.1, -0.05) is 13.8 Å². The summed E-state index contributed by atoms with van der Waals surface area (Å²) in [6.07, 6.45) is 0.787. The zero-order chi connectivity index (χ0) is 21.1. The minimum atomic E-state index is -1.36. The molecule has 1 aliphatic carbocycles. The van der Waals surface area contributed by atoms with E-state index in [0.717, 1.165) is 0 Å². The molecule has 0 aromatic heterocycles. The molecule has 0 bridgehead atoms. The fourth-order valence-corrected chi connectivity index (χ4v) is 4.81. The highest BCUT2D eigenvalue weighted by atomic mass is 79.9. The third kappa shape index (κ3) is 2.80. The summed E-state index contributed by atoms with van der Waals surface area (Å²) in [6.45, 7) is 5.91. The SMILES string of the molecule is CCOC(=O)c1ccc2c(c1)C(=O)C1(N2)C(Br)=C(N)OC2=C1CC(C)(C)CC2=O.